The number of carbonyl (C=O) groups is 4. The second-order valence-corrected chi connectivity index (χ2v) is 7.98. The predicted octanol–water partition coefficient (Wildman–Crippen LogP) is 0.430. The fourth-order valence-electron chi connectivity index (χ4n) is 1.19. The van der Waals surface area contributed by atoms with Gasteiger partial charge in [-0.05, 0) is 41.5 Å². The van der Waals surface area contributed by atoms with E-state index in [0.29, 0.717) is 0 Å². The van der Waals surface area contributed by atoms with Crippen LogP contribution < -0.4 is 29.5 Å². The molecule has 10 nitrogen and oxygen atoms in total. The number of alkyl halides is 4. The van der Waals surface area contributed by atoms with Gasteiger partial charge >= 0.3 is 48.9 Å². The minimum atomic E-state index is -3.99. The van der Waals surface area contributed by atoms with Crippen molar-refractivity contribution in [2.24, 2.45) is 0 Å². The molecule has 0 heterocycles. The van der Waals surface area contributed by atoms with Gasteiger partial charge in [0.25, 0.3) is 0 Å². The Labute approximate surface area is 202 Å². The van der Waals surface area contributed by atoms with Crippen molar-refractivity contribution in [2.45, 2.75) is 78.9 Å². The van der Waals surface area contributed by atoms with Crippen molar-refractivity contribution in [1.29, 1.82) is 0 Å². The third-order valence-corrected chi connectivity index (χ3v) is 2.54. The Hall–Kier alpha value is -2.04. The summed E-state index contributed by atoms with van der Waals surface area (Å²) in [6.07, 6.45) is -2.05. The number of nitrogens with one attached hydrogen (secondary N) is 2. The number of aliphatic carboxylic acids is 1. The van der Waals surface area contributed by atoms with Gasteiger partial charge in [-0.25, -0.2) is 14.4 Å². The molecule has 0 aliphatic rings. The first kappa shape index (κ1) is 41.2. The van der Waals surface area contributed by atoms with Crippen LogP contribution in [0.2, 0.25) is 0 Å². The summed E-state index contributed by atoms with van der Waals surface area (Å²) in [5.74, 6) is -11.1. The molecule has 192 valence electrons. The SMILES string of the molecule is C.CC(=O)C(F)(F)CNC(=O)OC(C)(C)C.CC(C)(C)OC(=O)NCC(F)(F)C(=O)O.[Li+].[OH-]. The number of hydrogen-bond acceptors (Lipinski definition) is 7. The van der Waals surface area contributed by atoms with Crippen LogP contribution in [0.25, 0.3) is 0 Å². The number of rotatable bonds is 6. The summed E-state index contributed by atoms with van der Waals surface area (Å²) in [4.78, 5) is 42.2. The van der Waals surface area contributed by atoms with Crippen molar-refractivity contribution in [3.63, 3.8) is 0 Å². The minimum absolute atomic E-state index is 0. The van der Waals surface area contributed by atoms with Gasteiger partial charge in [0, 0.05) is 6.92 Å². The molecular formula is C18H33F4LiN2O8. The maximum Gasteiger partial charge on any atom is 1.00 e. The van der Waals surface area contributed by atoms with Crippen molar-refractivity contribution in [2.75, 3.05) is 13.1 Å². The molecule has 4 N–H and O–H groups in total. The Bertz CT molecular complexity index is 582. The molecule has 0 spiro atoms. The van der Waals surface area contributed by atoms with E-state index in [9.17, 15) is 36.7 Å². The Balaban J connectivity index is -0.000000145. The second kappa shape index (κ2) is 15.7. The molecule has 0 saturated heterocycles. The molecule has 0 aromatic heterocycles. The van der Waals surface area contributed by atoms with Crippen LogP contribution in [0.15, 0.2) is 0 Å². The van der Waals surface area contributed by atoms with Crippen LogP contribution >= 0.6 is 0 Å². The van der Waals surface area contributed by atoms with Crippen LogP contribution in [0.1, 0.15) is 55.9 Å². The molecule has 33 heavy (non-hydrogen) atoms. The van der Waals surface area contributed by atoms with Crippen molar-refractivity contribution < 1.29 is 75.7 Å². The number of halogens is 4. The van der Waals surface area contributed by atoms with Crippen LogP contribution in [-0.4, -0.2) is 70.7 Å². The zero-order valence-electron chi connectivity index (χ0n) is 19.3. The number of carboxylic acids is 1. The molecule has 0 bridgehead atoms. The number of hydrogen-bond donors (Lipinski definition) is 3. The van der Waals surface area contributed by atoms with Crippen LogP contribution in [0.3, 0.4) is 0 Å². The fourth-order valence-corrected chi connectivity index (χ4v) is 1.19. The average molecular weight is 488 g/mol. The first-order valence-corrected chi connectivity index (χ1v) is 8.53. The zero-order valence-corrected chi connectivity index (χ0v) is 19.3. The normalized spacial score (nSPS) is 11.0. The minimum Gasteiger partial charge on any atom is -0.870 e. The van der Waals surface area contributed by atoms with Gasteiger partial charge in [-0.3, -0.25) is 4.79 Å². The third kappa shape index (κ3) is 22.9. The van der Waals surface area contributed by atoms with Gasteiger partial charge in [0.2, 0.25) is 5.78 Å². The molecule has 2 amide bonds. The van der Waals surface area contributed by atoms with Crippen LogP contribution in [-0.2, 0) is 19.1 Å². The number of ether oxygens (including phenoxy) is 2. The Kier molecular flexibility index (Phi) is 19.7. The standard InChI is InChI=1S/C9H15F2NO3.C8H13F2NO4.CH4.Li.H2O/c1-6(13)9(10,11)5-12-7(14)15-8(2,3)4;1-7(2,3)15-6(14)11-4-8(9,10)5(12)13;;;/h5H2,1-4H3,(H,12,14);4H2,1-3H3,(H,11,14)(H,12,13);1H4;;1H2/q;;;+1;/p-1. The topological polar surface area (TPSA) is 161 Å². The monoisotopic (exact) mass is 488 g/mol. The fraction of sp³-hybridized carbons (Fsp3) is 0.778. The zero-order chi connectivity index (χ0) is 24.6. The number of amides is 2. The van der Waals surface area contributed by atoms with E-state index in [1.54, 1.807) is 46.9 Å². The summed E-state index contributed by atoms with van der Waals surface area (Å²) in [5.41, 5.74) is -1.57. The van der Waals surface area contributed by atoms with Gasteiger partial charge in [-0.15, -0.1) is 0 Å². The molecule has 0 saturated carbocycles. The van der Waals surface area contributed by atoms with Gasteiger partial charge in [-0.1, -0.05) is 7.43 Å². The van der Waals surface area contributed by atoms with Crippen molar-refractivity contribution in [3.05, 3.63) is 0 Å². The molecule has 0 rings (SSSR count). The van der Waals surface area contributed by atoms with Gasteiger partial charge < -0.3 is 30.7 Å². The molecule has 0 aromatic carbocycles. The van der Waals surface area contributed by atoms with E-state index in [-0.39, 0.29) is 31.8 Å². The maximum atomic E-state index is 12.7. The summed E-state index contributed by atoms with van der Waals surface area (Å²) >= 11 is 0. The smallest absolute Gasteiger partial charge is 0.870 e. The third-order valence-electron chi connectivity index (χ3n) is 2.54. The van der Waals surface area contributed by atoms with Crippen molar-refractivity contribution in [1.82, 2.24) is 10.6 Å². The Morgan fingerprint density at radius 3 is 1.24 bits per heavy atom. The largest absolute Gasteiger partial charge is 1.00 e. The van der Waals surface area contributed by atoms with Gasteiger partial charge in [-0.2, -0.15) is 17.6 Å². The summed E-state index contributed by atoms with van der Waals surface area (Å²) in [6.45, 7) is 7.91. The van der Waals surface area contributed by atoms with Gasteiger partial charge in [0.1, 0.15) is 11.2 Å². The first-order valence-electron chi connectivity index (χ1n) is 8.53. The Morgan fingerprint density at radius 1 is 0.758 bits per heavy atom. The summed E-state index contributed by atoms with van der Waals surface area (Å²) in [5, 5.41) is 11.5. The average Bonchev–Trinajstić information content (AvgIpc) is 2.48. The number of carboxylic acid groups (broad SMARTS) is 1. The molecule has 0 aliphatic carbocycles. The molecule has 0 unspecified atom stereocenters. The van der Waals surface area contributed by atoms with E-state index >= 15 is 0 Å². The van der Waals surface area contributed by atoms with Gasteiger partial charge in [0.05, 0.1) is 13.1 Å². The quantitative estimate of drug-likeness (QED) is 0.358. The summed E-state index contributed by atoms with van der Waals surface area (Å²) in [6, 6.07) is 0. The van der Waals surface area contributed by atoms with E-state index in [1.807, 2.05) is 5.32 Å². The second-order valence-electron chi connectivity index (χ2n) is 7.98. The number of ketones is 1. The first-order chi connectivity index (χ1) is 13.1. The maximum absolute atomic E-state index is 12.7. The van der Waals surface area contributed by atoms with E-state index < -0.39 is 60.1 Å². The molecule has 0 aliphatic heterocycles. The summed E-state index contributed by atoms with van der Waals surface area (Å²) < 4.78 is 59.7. The molecule has 15 heteroatoms. The Morgan fingerprint density at radius 2 is 1.03 bits per heavy atom. The molecule has 0 fully saturated rings. The predicted molar refractivity (Wildman–Crippen MR) is 105 cm³/mol. The van der Waals surface area contributed by atoms with E-state index in [4.69, 9.17) is 9.84 Å². The molecule has 0 atom stereocenters. The van der Waals surface area contributed by atoms with Crippen molar-refractivity contribution in [3.8, 4) is 0 Å². The number of alkyl carbamates (subject to hydrolysis) is 2. The van der Waals surface area contributed by atoms with Crippen LogP contribution in [0, 0.1) is 0 Å². The van der Waals surface area contributed by atoms with Crippen molar-refractivity contribution >= 4 is 23.9 Å². The van der Waals surface area contributed by atoms with E-state index in [0.717, 1.165) is 6.92 Å². The van der Waals surface area contributed by atoms with Gasteiger partial charge in [0.15, 0.2) is 0 Å². The molecule has 0 aromatic rings. The molecular weight excluding hydrogens is 455 g/mol. The van der Waals surface area contributed by atoms with Crippen LogP contribution in [0.5, 0.6) is 0 Å². The molecule has 0 radical (unpaired) electrons. The number of carbonyl (C=O) groups excluding carboxylic acids is 3. The van der Waals surface area contributed by atoms with E-state index in [2.05, 4.69) is 4.74 Å². The van der Waals surface area contributed by atoms with Crippen LogP contribution in [0.4, 0.5) is 27.2 Å². The summed E-state index contributed by atoms with van der Waals surface area (Å²) in [7, 11) is 0. The van der Waals surface area contributed by atoms with E-state index in [1.165, 1.54) is 0 Å². The number of Topliss-reactive ketones (excluding diaryl/α,β-unsaturated/α-hetero) is 1.